The molecule has 26 heavy (non-hydrogen) atoms. The summed E-state index contributed by atoms with van der Waals surface area (Å²) in [4.78, 5) is 19.7. The summed E-state index contributed by atoms with van der Waals surface area (Å²) in [6, 6.07) is 10.9. The van der Waals surface area contributed by atoms with Gasteiger partial charge in [0, 0.05) is 31.5 Å². The minimum atomic E-state index is -0.00826. The molecule has 3 heterocycles. The quantitative estimate of drug-likeness (QED) is 0.688. The summed E-state index contributed by atoms with van der Waals surface area (Å²) in [6.07, 6.45) is 2.54. The Hall–Kier alpha value is -2.37. The number of likely N-dealkylation sites (tertiary alicyclic amines) is 1. The van der Waals surface area contributed by atoms with E-state index in [-0.39, 0.29) is 5.91 Å². The largest absolute Gasteiger partial charge is 0.463 e. The number of hydrogen-bond donors (Lipinski definition) is 0. The molecule has 0 N–H and O–H groups in total. The summed E-state index contributed by atoms with van der Waals surface area (Å²) in [7, 11) is 1.69. The van der Waals surface area contributed by atoms with Crippen molar-refractivity contribution in [3.05, 3.63) is 53.2 Å². The van der Waals surface area contributed by atoms with Crippen LogP contribution >= 0.6 is 11.6 Å². The SMILES string of the molecule is COC[C@@H]1CCN(C(=O)c2cc(-c3ccco3)nc3c(Cl)cccc23)C1. The molecule has 6 heteroatoms. The Morgan fingerprint density at radius 3 is 3.04 bits per heavy atom. The minimum absolute atomic E-state index is 0.00826. The number of benzene rings is 1. The Morgan fingerprint density at radius 1 is 1.38 bits per heavy atom. The second-order valence-corrected chi connectivity index (χ2v) is 6.94. The van der Waals surface area contributed by atoms with Crippen LogP contribution in [0, 0.1) is 5.92 Å². The summed E-state index contributed by atoms with van der Waals surface area (Å²) in [5, 5.41) is 1.27. The summed E-state index contributed by atoms with van der Waals surface area (Å²) in [6.45, 7) is 2.10. The van der Waals surface area contributed by atoms with Crippen molar-refractivity contribution >= 4 is 28.4 Å². The Balaban J connectivity index is 1.78. The molecule has 1 fully saturated rings. The highest BCUT2D eigenvalue weighted by Crippen LogP contribution is 2.31. The van der Waals surface area contributed by atoms with Crippen molar-refractivity contribution in [2.24, 2.45) is 5.92 Å². The first-order chi connectivity index (χ1) is 12.7. The van der Waals surface area contributed by atoms with Crippen molar-refractivity contribution in [3.63, 3.8) is 0 Å². The summed E-state index contributed by atoms with van der Waals surface area (Å²) < 4.78 is 10.7. The Bertz CT molecular complexity index is 940. The molecular weight excluding hydrogens is 352 g/mol. The predicted molar refractivity (Wildman–Crippen MR) is 100 cm³/mol. The molecule has 2 aromatic heterocycles. The molecule has 0 spiro atoms. The van der Waals surface area contributed by atoms with Gasteiger partial charge in [0.25, 0.3) is 5.91 Å². The van der Waals surface area contributed by atoms with Crippen LogP contribution < -0.4 is 0 Å². The minimum Gasteiger partial charge on any atom is -0.463 e. The number of rotatable bonds is 4. The lowest BCUT2D eigenvalue weighted by molar-refractivity contribution is 0.0777. The molecule has 1 saturated heterocycles. The zero-order chi connectivity index (χ0) is 18.1. The average molecular weight is 371 g/mol. The van der Waals surface area contributed by atoms with E-state index in [0.29, 0.717) is 46.6 Å². The van der Waals surface area contributed by atoms with Crippen molar-refractivity contribution < 1.29 is 13.9 Å². The average Bonchev–Trinajstić information content (AvgIpc) is 3.33. The van der Waals surface area contributed by atoms with Crippen LogP contribution in [-0.4, -0.2) is 42.6 Å². The Morgan fingerprint density at radius 2 is 2.27 bits per heavy atom. The number of nitrogens with zero attached hydrogens (tertiary/aromatic N) is 2. The fourth-order valence-electron chi connectivity index (χ4n) is 3.50. The van der Waals surface area contributed by atoms with E-state index >= 15 is 0 Å². The van der Waals surface area contributed by atoms with Gasteiger partial charge in [-0.1, -0.05) is 23.7 Å². The molecule has 1 aliphatic rings. The van der Waals surface area contributed by atoms with Crippen LogP contribution in [0.3, 0.4) is 0 Å². The predicted octanol–water partition coefficient (Wildman–Crippen LogP) is 4.26. The number of fused-ring (bicyclic) bond motifs is 1. The van der Waals surface area contributed by atoms with Crippen molar-refractivity contribution in [2.75, 3.05) is 26.8 Å². The van der Waals surface area contributed by atoms with Crippen molar-refractivity contribution in [1.82, 2.24) is 9.88 Å². The van der Waals surface area contributed by atoms with Gasteiger partial charge in [0.1, 0.15) is 5.69 Å². The number of halogens is 1. The molecule has 5 nitrogen and oxygen atoms in total. The van der Waals surface area contributed by atoms with Gasteiger partial charge in [0.05, 0.1) is 29.0 Å². The molecule has 1 atom stereocenters. The van der Waals surface area contributed by atoms with Gasteiger partial charge in [-0.05, 0) is 30.7 Å². The fourth-order valence-corrected chi connectivity index (χ4v) is 3.72. The molecule has 1 amide bonds. The molecule has 4 rings (SSSR count). The number of hydrogen-bond acceptors (Lipinski definition) is 4. The third-order valence-corrected chi connectivity index (χ3v) is 5.07. The molecular formula is C20H19ClN2O3. The maximum Gasteiger partial charge on any atom is 0.254 e. The number of furan rings is 1. The molecule has 0 bridgehead atoms. The van der Waals surface area contributed by atoms with Gasteiger partial charge in [-0.25, -0.2) is 4.98 Å². The molecule has 0 radical (unpaired) electrons. The lowest BCUT2D eigenvalue weighted by atomic mass is 10.1. The standard InChI is InChI=1S/C20H19ClN2O3/c1-25-12-13-7-8-23(11-13)20(24)15-10-17(18-6-3-9-26-18)22-19-14(15)4-2-5-16(19)21/h2-6,9-10,13H,7-8,11-12H2,1H3/t13-/m1/s1. The number of amides is 1. The van der Waals surface area contributed by atoms with Gasteiger partial charge in [0.15, 0.2) is 5.76 Å². The van der Waals surface area contributed by atoms with E-state index in [0.717, 1.165) is 18.4 Å². The van der Waals surface area contributed by atoms with Crippen molar-refractivity contribution in [3.8, 4) is 11.5 Å². The fraction of sp³-hybridized carbons (Fsp3) is 0.300. The van der Waals surface area contributed by atoms with Gasteiger partial charge in [-0.2, -0.15) is 0 Å². The number of carbonyl (C=O) groups is 1. The van der Waals surface area contributed by atoms with Crippen LogP contribution in [0.2, 0.25) is 5.02 Å². The Kier molecular flexibility index (Phi) is 4.66. The molecule has 1 aromatic carbocycles. The second kappa shape index (κ2) is 7.09. The van der Waals surface area contributed by atoms with E-state index < -0.39 is 0 Å². The maximum atomic E-state index is 13.2. The molecule has 0 aliphatic carbocycles. The second-order valence-electron chi connectivity index (χ2n) is 6.53. The van der Waals surface area contributed by atoms with Crippen LogP contribution in [-0.2, 0) is 4.74 Å². The first kappa shape index (κ1) is 17.1. The zero-order valence-electron chi connectivity index (χ0n) is 14.4. The van der Waals surface area contributed by atoms with E-state index in [1.165, 1.54) is 0 Å². The first-order valence-electron chi connectivity index (χ1n) is 8.58. The topological polar surface area (TPSA) is 55.6 Å². The van der Waals surface area contributed by atoms with Crippen LogP contribution in [0.25, 0.3) is 22.4 Å². The van der Waals surface area contributed by atoms with Crippen molar-refractivity contribution in [2.45, 2.75) is 6.42 Å². The number of carbonyl (C=O) groups excluding carboxylic acids is 1. The van der Waals surface area contributed by atoms with Gasteiger partial charge >= 0.3 is 0 Å². The van der Waals surface area contributed by atoms with E-state index in [1.54, 1.807) is 31.6 Å². The molecule has 0 saturated carbocycles. The molecule has 0 unspecified atom stereocenters. The normalized spacial score (nSPS) is 17.2. The summed E-state index contributed by atoms with van der Waals surface area (Å²) >= 11 is 6.36. The van der Waals surface area contributed by atoms with E-state index in [4.69, 9.17) is 20.8 Å². The highest BCUT2D eigenvalue weighted by atomic mass is 35.5. The number of para-hydroxylation sites is 1. The number of aromatic nitrogens is 1. The van der Waals surface area contributed by atoms with E-state index in [9.17, 15) is 4.79 Å². The van der Waals surface area contributed by atoms with Crippen LogP contribution in [0.5, 0.6) is 0 Å². The van der Waals surface area contributed by atoms with Gasteiger partial charge in [0.2, 0.25) is 0 Å². The number of ether oxygens (including phenoxy) is 1. The van der Waals surface area contributed by atoms with Gasteiger partial charge < -0.3 is 14.1 Å². The van der Waals surface area contributed by atoms with Crippen LogP contribution in [0.15, 0.2) is 47.1 Å². The monoisotopic (exact) mass is 370 g/mol. The molecule has 1 aliphatic heterocycles. The van der Waals surface area contributed by atoms with Gasteiger partial charge in [-0.3, -0.25) is 4.79 Å². The number of pyridine rings is 1. The lowest BCUT2D eigenvalue weighted by Crippen LogP contribution is -2.29. The smallest absolute Gasteiger partial charge is 0.254 e. The van der Waals surface area contributed by atoms with Gasteiger partial charge in [-0.15, -0.1) is 0 Å². The van der Waals surface area contributed by atoms with Crippen LogP contribution in [0.1, 0.15) is 16.8 Å². The van der Waals surface area contributed by atoms with Crippen LogP contribution in [0.4, 0.5) is 0 Å². The number of methoxy groups -OCH3 is 1. The highest BCUT2D eigenvalue weighted by Gasteiger charge is 2.28. The van der Waals surface area contributed by atoms with E-state index in [2.05, 4.69) is 4.98 Å². The summed E-state index contributed by atoms with van der Waals surface area (Å²) in [5.74, 6) is 0.982. The molecule has 134 valence electrons. The third-order valence-electron chi connectivity index (χ3n) is 4.77. The van der Waals surface area contributed by atoms with E-state index in [1.807, 2.05) is 23.1 Å². The van der Waals surface area contributed by atoms with Crippen molar-refractivity contribution in [1.29, 1.82) is 0 Å². The lowest BCUT2D eigenvalue weighted by Gasteiger charge is -2.18. The first-order valence-corrected chi connectivity index (χ1v) is 8.96. The Labute approximate surface area is 156 Å². The highest BCUT2D eigenvalue weighted by molar-refractivity contribution is 6.35. The summed E-state index contributed by atoms with van der Waals surface area (Å²) in [5.41, 5.74) is 1.81. The zero-order valence-corrected chi connectivity index (χ0v) is 15.2. The maximum absolute atomic E-state index is 13.2. The molecule has 3 aromatic rings. The third kappa shape index (κ3) is 3.08.